The first-order valence-electron chi connectivity index (χ1n) is 5.62. The SMILES string of the molecule is O=C(/C=C/c1ccc(Cl)s1)Nc1cccc(C(=O)O)c1. The van der Waals surface area contributed by atoms with Gasteiger partial charge in [0.2, 0.25) is 5.91 Å². The first-order chi connectivity index (χ1) is 9.54. The van der Waals surface area contributed by atoms with E-state index in [1.165, 1.54) is 29.5 Å². The van der Waals surface area contributed by atoms with Crippen molar-refractivity contribution in [1.82, 2.24) is 0 Å². The third kappa shape index (κ3) is 3.94. The topological polar surface area (TPSA) is 66.4 Å². The van der Waals surface area contributed by atoms with Crippen LogP contribution in [0.3, 0.4) is 0 Å². The number of thiophene rings is 1. The van der Waals surface area contributed by atoms with Crippen LogP contribution in [0, 0.1) is 0 Å². The van der Waals surface area contributed by atoms with E-state index in [1.54, 1.807) is 24.3 Å². The highest BCUT2D eigenvalue weighted by Gasteiger charge is 2.04. The zero-order chi connectivity index (χ0) is 14.5. The first-order valence-corrected chi connectivity index (χ1v) is 6.82. The lowest BCUT2D eigenvalue weighted by molar-refractivity contribution is -0.111. The van der Waals surface area contributed by atoms with Gasteiger partial charge in [0.1, 0.15) is 0 Å². The third-order valence-electron chi connectivity index (χ3n) is 2.37. The molecule has 1 aromatic carbocycles. The molecule has 0 bridgehead atoms. The van der Waals surface area contributed by atoms with Gasteiger partial charge in [0.05, 0.1) is 9.90 Å². The number of benzene rings is 1. The molecule has 102 valence electrons. The zero-order valence-electron chi connectivity index (χ0n) is 10.2. The predicted octanol–water partition coefficient (Wildman–Crippen LogP) is 3.75. The first kappa shape index (κ1) is 14.3. The van der Waals surface area contributed by atoms with Gasteiger partial charge in [-0.3, -0.25) is 4.79 Å². The zero-order valence-corrected chi connectivity index (χ0v) is 11.7. The van der Waals surface area contributed by atoms with E-state index in [-0.39, 0.29) is 11.5 Å². The molecule has 1 amide bonds. The van der Waals surface area contributed by atoms with E-state index in [9.17, 15) is 9.59 Å². The lowest BCUT2D eigenvalue weighted by Gasteiger charge is -2.02. The Hall–Kier alpha value is -2.11. The molecule has 0 unspecified atom stereocenters. The standard InChI is InChI=1S/C14H10ClNO3S/c15-12-6-4-11(20-12)5-7-13(17)16-10-3-1-2-9(8-10)14(18)19/h1-8H,(H,16,17)(H,18,19)/b7-5+. The highest BCUT2D eigenvalue weighted by atomic mass is 35.5. The van der Waals surface area contributed by atoms with E-state index in [0.29, 0.717) is 10.0 Å². The summed E-state index contributed by atoms with van der Waals surface area (Å²) in [6.07, 6.45) is 3.02. The average molecular weight is 308 g/mol. The summed E-state index contributed by atoms with van der Waals surface area (Å²) in [4.78, 5) is 23.4. The molecule has 0 atom stereocenters. The second-order valence-electron chi connectivity index (χ2n) is 3.85. The molecule has 0 saturated heterocycles. The number of rotatable bonds is 4. The monoisotopic (exact) mass is 307 g/mol. The lowest BCUT2D eigenvalue weighted by atomic mass is 10.2. The predicted molar refractivity (Wildman–Crippen MR) is 80.4 cm³/mol. The summed E-state index contributed by atoms with van der Waals surface area (Å²) in [5.41, 5.74) is 0.556. The molecule has 0 aliphatic carbocycles. The summed E-state index contributed by atoms with van der Waals surface area (Å²) < 4.78 is 0.652. The molecule has 2 rings (SSSR count). The molecule has 4 nitrogen and oxygen atoms in total. The second kappa shape index (κ2) is 6.36. The molecule has 1 heterocycles. The van der Waals surface area contributed by atoms with Crippen molar-refractivity contribution in [1.29, 1.82) is 0 Å². The van der Waals surface area contributed by atoms with Gasteiger partial charge in [0.25, 0.3) is 0 Å². The van der Waals surface area contributed by atoms with Crippen molar-refractivity contribution in [3.63, 3.8) is 0 Å². The minimum atomic E-state index is -1.04. The number of carbonyl (C=O) groups excluding carboxylic acids is 1. The Morgan fingerprint density at radius 1 is 1.25 bits per heavy atom. The number of carboxylic acids is 1. The second-order valence-corrected chi connectivity index (χ2v) is 5.60. The Morgan fingerprint density at radius 3 is 2.70 bits per heavy atom. The molecule has 0 spiro atoms. The molecule has 2 N–H and O–H groups in total. The minimum absolute atomic E-state index is 0.122. The van der Waals surface area contributed by atoms with E-state index in [0.717, 1.165) is 4.88 Å². The van der Waals surface area contributed by atoms with Gasteiger partial charge in [-0.15, -0.1) is 11.3 Å². The number of anilines is 1. The van der Waals surface area contributed by atoms with Gasteiger partial charge in [-0.05, 0) is 36.4 Å². The molecule has 20 heavy (non-hydrogen) atoms. The van der Waals surface area contributed by atoms with Crippen molar-refractivity contribution in [2.45, 2.75) is 0 Å². The Labute approximate surface area is 124 Å². The van der Waals surface area contributed by atoms with Gasteiger partial charge >= 0.3 is 5.97 Å². The number of hydrogen-bond acceptors (Lipinski definition) is 3. The van der Waals surface area contributed by atoms with E-state index < -0.39 is 5.97 Å². The maximum atomic E-state index is 11.7. The number of carboxylic acid groups (broad SMARTS) is 1. The number of nitrogens with one attached hydrogen (secondary N) is 1. The van der Waals surface area contributed by atoms with Gasteiger partial charge < -0.3 is 10.4 Å². The molecular formula is C14H10ClNO3S. The van der Waals surface area contributed by atoms with E-state index in [1.807, 2.05) is 6.07 Å². The smallest absolute Gasteiger partial charge is 0.335 e. The summed E-state index contributed by atoms with van der Waals surface area (Å²) in [5.74, 6) is -1.37. The molecule has 2 aromatic rings. The van der Waals surface area contributed by atoms with Crippen molar-refractivity contribution < 1.29 is 14.7 Å². The Balaban J connectivity index is 2.02. The maximum Gasteiger partial charge on any atom is 0.335 e. The minimum Gasteiger partial charge on any atom is -0.478 e. The normalized spacial score (nSPS) is 10.7. The number of hydrogen-bond donors (Lipinski definition) is 2. The van der Waals surface area contributed by atoms with Crippen molar-refractivity contribution in [3.05, 3.63) is 57.3 Å². The van der Waals surface area contributed by atoms with Gasteiger partial charge in [-0.2, -0.15) is 0 Å². The summed E-state index contributed by atoms with van der Waals surface area (Å²) in [6, 6.07) is 9.61. The largest absolute Gasteiger partial charge is 0.478 e. The van der Waals surface area contributed by atoms with Crippen molar-refractivity contribution in [2.24, 2.45) is 0 Å². The molecule has 0 aliphatic rings. The fourth-order valence-corrected chi connectivity index (χ4v) is 2.45. The molecule has 0 aliphatic heterocycles. The van der Waals surface area contributed by atoms with Crippen LogP contribution < -0.4 is 5.32 Å². The van der Waals surface area contributed by atoms with E-state index in [4.69, 9.17) is 16.7 Å². The molecular weight excluding hydrogens is 298 g/mol. The quantitative estimate of drug-likeness (QED) is 0.845. The highest BCUT2D eigenvalue weighted by Crippen LogP contribution is 2.22. The lowest BCUT2D eigenvalue weighted by Crippen LogP contribution is -2.08. The van der Waals surface area contributed by atoms with Crippen molar-refractivity contribution in [2.75, 3.05) is 5.32 Å². The number of carbonyl (C=O) groups is 2. The summed E-state index contributed by atoms with van der Waals surface area (Å²) in [5, 5.41) is 11.5. The Bertz CT molecular complexity index is 679. The van der Waals surface area contributed by atoms with Crippen molar-refractivity contribution >= 4 is 46.6 Å². The number of aromatic carboxylic acids is 1. The fraction of sp³-hybridized carbons (Fsp3) is 0. The summed E-state index contributed by atoms with van der Waals surface area (Å²) in [7, 11) is 0. The number of halogens is 1. The van der Waals surface area contributed by atoms with E-state index >= 15 is 0 Å². The average Bonchev–Trinajstić information content (AvgIpc) is 2.82. The third-order valence-corrected chi connectivity index (χ3v) is 3.57. The molecule has 6 heteroatoms. The van der Waals surface area contributed by atoms with Gasteiger partial charge in [-0.25, -0.2) is 4.79 Å². The maximum absolute atomic E-state index is 11.7. The summed E-state index contributed by atoms with van der Waals surface area (Å²) >= 11 is 7.14. The van der Waals surface area contributed by atoms with Crippen LogP contribution in [0.2, 0.25) is 4.34 Å². The molecule has 0 saturated carbocycles. The Kier molecular flexibility index (Phi) is 4.55. The summed E-state index contributed by atoms with van der Waals surface area (Å²) in [6.45, 7) is 0. The van der Waals surface area contributed by atoms with Gasteiger partial charge in [0, 0.05) is 16.6 Å². The van der Waals surface area contributed by atoms with Gasteiger partial charge in [-0.1, -0.05) is 17.7 Å². The van der Waals surface area contributed by atoms with Crippen LogP contribution in [0.1, 0.15) is 15.2 Å². The fourth-order valence-electron chi connectivity index (χ4n) is 1.49. The molecule has 0 radical (unpaired) electrons. The van der Waals surface area contributed by atoms with Crippen LogP contribution in [-0.2, 0) is 4.79 Å². The van der Waals surface area contributed by atoms with Gasteiger partial charge in [0.15, 0.2) is 0 Å². The van der Waals surface area contributed by atoms with Crippen LogP contribution in [-0.4, -0.2) is 17.0 Å². The number of amides is 1. The van der Waals surface area contributed by atoms with Crippen LogP contribution in [0.4, 0.5) is 5.69 Å². The van der Waals surface area contributed by atoms with Crippen LogP contribution >= 0.6 is 22.9 Å². The van der Waals surface area contributed by atoms with Crippen LogP contribution in [0.15, 0.2) is 42.5 Å². The van der Waals surface area contributed by atoms with E-state index in [2.05, 4.69) is 5.32 Å². The van der Waals surface area contributed by atoms with Crippen LogP contribution in [0.5, 0.6) is 0 Å². The van der Waals surface area contributed by atoms with Crippen LogP contribution in [0.25, 0.3) is 6.08 Å². The molecule has 0 fully saturated rings. The molecule has 1 aromatic heterocycles. The highest BCUT2D eigenvalue weighted by molar-refractivity contribution is 7.17. The Morgan fingerprint density at radius 2 is 2.05 bits per heavy atom. The van der Waals surface area contributed by atoms with Crippen molar-refractivity contribution in [3.8, 4) is 0 Å².